The van der Waals surface area contributed by atoms with Crippen molar-refractivity contribution in [1.29, 1.82) is 0 Å². The molecule has 0 aliphatic heterocycles. The van der Waals surface area contributed by atoms with Gasteiger partial charge < -0.3 is 19.3 Å². The van der Waals surface area contributed by atoms with E-state index < -0.39 is 18.2 Å². The average Bonchev–Trinajstić information content (AvgIpc) is 2.69. The Labute approximate surface area is 153 Å². The number of carbonyl (C=O) groups is 1. The zero-order valence-corrected chi connectivity index (χ0v) is 14.8. The lowest BCUT2D eigenvalue weighted by atomic mass is 10.2. The highest BCUT2D eigenvalue weighted by Crippen LogP contribution is 2.10. The van der Waals surface area contributed by atoms with Crippen LogP contribution in [0.3, 0.4) is 0 Å². The van der Waals surface area contributed by atoms with Crippen LogP contribution in [0.5, 0.6) is 0 Å². The summed E-state index contributed by atoms with van der Waals surface area (Å²) in [5, 5.41) is 10.4. The first kappa shape index (κ1) is 19.8. The molecule has 0 saturated carbocycles. The van der Waals surface area contributed by atoms with Crippen molar-refractivity contribution in [1.82, 2.24) is 0 Å². The number of rotatable bonds is 10. The molecule has 0 fully saturated rings. The van der Waals surface area contributed by atoms with Crippen LogP contribution in [0.2, 0.25) is 0 Å². The third-order valence-electron chi connectivity index (χ3n) is 3.69. The van der Waals surface area contributed by atoms with E-state index in [1.165, 1.54) is 19.3 Å². The smallest absolute Gasteiger partial charge is 0.330 e. The summed E-state index contributed by atoms with van der Waals surface area (Å²) >= 11 is 0. The van der Waals surface area contributed by atoms with E-state index in [0.717, 1.165) is 11.1 Å². The van der Waals surface area contributed by atoms with Crippen molar-refractivity contribution in [2.24, 2.45) is 0 Å². The maximum absolute atomic E-state index is 11.3. The summed E-state index contributed by atoms with van der Waals surface area (Å²) in [7, 11) is 1.30. The quantitative estimate of drug-likeness (QED) is 0.524. The molecule has 2 aromatic carbocycles. The van der Waals surface area contributed by atoms with Gasteiger partial charge in [0.15, 0.2) is 0 Å². The summed E-state index contributed by atoms with van der Waals surface area (Å²) in [6.07, 6.45) is 1.13. The Kier molecular flexibility index (Phi) is 8.55. The molecule has 5 nitrogen and oxygen atoms in total. The Morgan fingerprint density at radius 3 is 2.15 bits per heavy atom. The largest absolute Gasteiger partial charge is 0.466 e. The molecule has 0 bridgehead atoms. The molecule has 0 aromatic heterocycles. The lowest BCUT2D eigenvalue weighted by molar-refractivity contribution is -0.135. The maximum atomic E-state index is 11.3. The zero-order chi connectivity index (χ0) is 18.6. The second-order valence-electron chi connectivity index (χ2n) is 5.71. The van der Waals surface area contributed by atoms with Crippen molar-refractivity contribution in [3.8, 4) is 0 Å². The molecule has 0 aliphatic carbocycles. The van der Waals surface area contributed by atoms with Crippen molar-refractivity contribution in [3.05, 3.63) is 83.9 Å². The van der Waals surface area contributed by atoms with E-state index in [2.05, 4.69) is 4.74 Å². The van der Waals surface area contributed by atoms with Crippen LogP contribution < -0.4 is 0 Å². The first-order chi connectivity index (χ1) is 12.7. The van der Waals surface area contributed by atoms with E-state index in [0.29, 0.717) is 13.2 Å². The fourth-order valence-electron chi connectivity index (χ4n) is 2.27. The van der Waals surface area contributed by atoms with Gasteiger partial charge in [-0.3, -0.25) is 0 Å². The summed E-state index contributed by atoms with van der Waals surface area (Å²) < 4.78 is 15.9. The van der Waals surface area contributed by atoms with Crippen LogP contribution in [-0.4, -0.2) is 37.0 Å². The Balaban J connectivity index is 1.90. The van der Waals surface area contributed by atoms with Gasteiger partial charge in [0.2, 0.25) is 0 Å². The number of esters is 1. The van der Waals surface area contributed by atoms with Crippen molar-refractivity contribution in [2.45, 2.75) is 25.4 Å². The first-order valence-corrected chi connectivity index (χ1v) is 8.40. The molecule has 0 aliphatic rings. The third-order valence-corrected chi connectivity index (χ3v) is 3.69. The summed E-state index contributed by atoms with van der Waals surface area (Å²) in [5.74, 6) is -0.504. The molecular formula is C21H24O5. The predicted molar refractivity (Wildman–Crippen MR) is 98.3 cm³/mol. The molecule has 138 valence electrons. The second-order valence-corrected chi connectivity index (χ2v) is 5.71. The van der Waals surface area contributed by atoms with Gasteiger partial charge in [-0.05, 0) is 17.2 Å². The van der Waals surface area contributed by atoms with Crippen molar-refractivity contribution in [2.75, 3.05) is 13.7 Å². The van der Waals surface area contributed by atoms with Crippen LogP contribution >= 0.6 is 0 Å². The number of ether oxygens (including phenoxy) is 3. The molecule has 0 amide bonds. The van der Waals surface area contributed by atoms with E-state index in [1.54, 1.807) is 0 Å². The number of aliphatic hydroxyl groups is 1. The van der Waals surface area contributed by atoms with Crippen molar-refractivity contribution >= 4 is 5.97 Å². The van der Waals surface area contributed by atoms with Crippen molar-refractivity contribution < 1.29 is 24.1 Å². The summed E-state index contributed by atoms with van der Waals surface area (Å²) in [6.45, 7) is 0.788. The van der Waals surface area contributed by atoms with E-state index in [1.807, 2.05) is 60.7 Å². The Morgan fingerprint density at radius 1 is 1.00 bits per heavy atom. The van der Waals surface area contributed by atoms with E-state index >= 15 is 0 Å². The molecule has 2 rings (SSSR count). The molecule has 0 spiro atoms. The molecule has 0 radical (unpaired) electrons. The van der Waals surface area contributed by atoms with Gasteiger partial charge in [-0.1, -0.05) is 60.7 Å². The fourth-order valence-corrected chi connectivity index (χ4v) is 2.27. The topological polar surface area (TPSA) is 65.0 Å². The highest BCUT2D eigenvalue weighted by molar-refractivity contribution is 5.81. The highest BCUT2D eigenvalue weighted by atomic mass is 16.5. The normalized spacial score (nSPS) is 13.5. The molecule has 5 heteroatoms. The standard InChI is InChI=1S/C21H24O5/c1-24-21(23)13-12-20(26-15-18-10-6-3-7-11-18)19(22)16-25-14-17-8-4-2-5-9-17/h2-13,19-20,22H,14-16H2,1H3/b13-12+/t19-,20+/m0/s1. The van der Waals surface area contributed by atoms with Crippen LogP contribution in [0.1, 0.15) is 11.1 Å². The third kappa shape index (κ3) is 7.19. The van der Waals surface area contributed by atoms with Crippen LogP contribution in [0, 0.1) is 0 Å². The highest BCUT2D eigenvalue weighted by Gasteiger charge is 2.18. The van der Waals surface area contributed by atoms with E-state index in [-0.39, 0.29) is 6.61 Å². The minimum atomic E-state index is -0.914. The Hall–Kier alpha value is -2.47. The van der Waals surface area contributed by atoms with E-state index in [4.69, 9.17) is 9.47 Å². The lowest BCUT2D eigenvalue weighted by Crippen LogP contribution is -2.31. The minimum Gasteiger partial charge on any atom is -0.466 e. The molecule has 2 atom stereocenters. The second kappa shape index (κ2) is 11.2. The van der Waals surface area contributed by atoms with Crippen LogP contribution in [0.4, 0.5) is 0 Å². The summed E-state index contributed by atoms with van der Waals surface area (Å²) in [4.78, 5) is 11.3. The monoisotopic (exact) mass is 356 g/mol. The number of methoxy groups -OCH3 is 1. The first-order valence-electron chi connectivity index (χ1n) is 8.40. The van der Waals surface area contributed by atoms with Gasteiger partial charge in [0, 0.05) is 6.08 Å². The van der Waals surface area contributed by atoms with Crippen LogP contribution in [0.25, 0.3) is 0 Å². The number of aliphatic hydroxyl groups excluding tert-OH is 1. The molecule has 2 aromatic rings. The molecule has 0 unspecified atom stereocenters. The Bertz CT molecular complexity index is 669. The summed E-state index contributed by atoms with van der Waals surface area (Å²) in [5.41, 5.74) is 1.99. The maximum Gasteiger partial charge on any atom is 0.330 e. The number of hydrogen-bond donors (Lipinski definition) is 1. The molecule has 26 heavy (non-hydrogen) atoms. The SMILES string of the molecule is COC(=O)/C=C/[C@@H](OCc1ccccc1)[C@@H](O)COCc1ccccc1. The minimum absolute atomic E-state index is 0.0832. The number of benzene rings is 2. The predicted octanol–water partition coefficient (Wildman–Crippen LogP) is 2.88. The van der Waals surface area contributed by atoms with Gasteiger partial charge in [0.25, 0.3) is 0 Å². The lowest BCUT2D eigenvalue weighted by Gasteiger charge is -2.20. The number of carbonyl (C=O) groups excluding carboxylic acids is 1. The molecule has 0 saturated heterocycles. The molecular weight excluding hydrogens is 332 g/mol. The van der Waals surface area contributed by atoms with E-state index in [9.17, 15) is 9.90 Å². The number of hydrogen-bond acceptors (Lipinski definition) is 5. The van der Waals surface area contributed by atoms with Crippen molar-refractivity contribution in [3.63, 3.8) is 0 Å². The Morgan fingerprint density at radius 2 is 1.58 bits per heavy atom. The van der Waals surface area contributed by atoms with Gasteiger partial charge in [0.1, 0.15) is 12.2 Å². The fraction of sp³-hybridized carbons (Fsp3) is 0.286. The van der Waals surface area contributed by atoms with Crippen LogP contribution in [-0.2, 0) is 32.2 Å². The molecule has 1 N–H and O–H groups in total. The van der Waals surface area contributed by atoms with Gasteiger partial charge in [-0.2, -0.15) is 0 Å². The van der Waals surface area contributed by atoms with Gasteiger partial charge in [-0.15, -0.1) is 0 Å². The van der Waals surface area contributed by atoms with Gasteiger partial charge >= 0.3 is 5.97 Å². The average molecular weight is 356 g/mol. The van der Waals surface area contributed by atoms with Gasteiger partial charge in [-0.25, -0.2) is 4.79 Å². The van der Waals surface area contributed by atoms with Crippen LogP contribution in [0.15, 0.2) is 72.8 Å². The zero-order valence-electron chi connectivity index (χ0n) is 14.8. The summed E-state index contributed by atoms with van der Waals surface area (Å²) in [6, 6.07) is 19.3. The van der Waals surface area contributed by atoms with Gasteiger partial charge in [0.05, 0.1) is 26.9 Å². The molecule has 0 heterocycles.